The van der Waals surface area contributed by atoms with Gasteiger partial charge in [0.05, 0.1) is 18.1 Å². The van der Waals surface area contributed by atoms with Crippen LogP contribution in [0.25, 0.3) is 10.9 Å². The Bertz CT molecular complexity index is 1270. The van der Waals surface area contributed by atoms with Crippen LogP contribution in [0.15, 0.2) is 53.6 Å². The van der Waals surface area contributed by atoms with Crippen LogP contribution in [-0.4, -0.2) is 35.1 Å². The van der Waals surface area contributed by atoms with Crippen molar-refractivity contribution in [3.63, 3.8) is 0 Å². The molecule has 4 aromatic rings. The molecule has 0 unspecified atom stereocenters. The first-order chi connectivity index (χ1) is 16.2. The van der Waals surface area contributed by atoms with E-state index in [1.54, 1.807) is 6.20 Å². The maximum Gasteiger partial charge on any atom is 0.252 e. The summed E-state index contributed by atoms with van der Waals surface area (Å²) >= 11 is 0. The Labute approximate surface area is 192 Å². The molecule has 170 valence electrons. The summed E-state index contributed by atoms with van der Waals surface area (Å²) in [6.07, 6.45) is 9.59. The fraction of sp³-hybridized carbons (Fsp3) is 0.400. The molecule has 3 heterocycles. The molecule has 33 heavy (non-hydrogen) atoms. The van der Waals surface area contributed by atoms with Gasteiger partial charge >= 0.3 is 0 Å². The topological polar surface area (TPSA) is 92.6 Å². The lowest BCUT2D eigenvalue weighted by Gasteiger charge is -2.25. The van der Waals surface area contributed by atoms with Crippen LogP contribution < -0.4 is 5.56 Å². The van der Waals surface area contributed by atoms with Gasteiger partial charge in [-0.15, -0.1) is 5.10 Å². The highest BCUT2D eigenvalue weighted by Gasteiger charge is 2.22. The van der Waals surface area contributed by atoms with Gasteiger partial charge in [-0.25, -0.2) is 4.68 Å². The van der Waals surface area contributed by atoms with Gasteiger partial charge in [-0.1, -0.05) is 43.5 Å². The number of hydrogen-bond donors (Lipinski definition) is 1. The van der Waals surface area contributed by atoms with Crippen LogP contribution in [-0.2, 0) is 19.6 Å². The van der Waals surface area contributed by atoms with Crippen molar-refractivity contribution in [2.45, 2.75) is 64.7 Å². The Balaban J connectivity index is 1.45. The van der Waals surface area contributed by atoms with Gasteiger partial charge in [-0.3, -0.25) is 14.7 Å². The molecule has 5 rings (SSSR count). The highest BCUT2D eigenvalue weighted by molar-refractivity contribution is 5.81. The minimum absolute atomic E-state index is 0.0557. The quantitative estimate of drug-likeness (QED) is 0.465. The van der Waals surface area contributed by atoms with Crippen LogP contribution in [0.5, 0.6) is 0 Å². The predicted octanol–water partition coefficient (Wildman–Crippen LogP) is 3.93. The predicted molar refractivity (Wildman–Crippen MR) is 126 cm³/mol. The SMILES string of the molecule is Cc1cccc2cc(CN(Cc3cccnc3)Cc3nnnn3C3CCCCC3)c(=O)[nH]c12. The summed E-state index contributed by atoms with van der Waals surface area (Å²) in [7, 11) is 0. The first-order valence-electron chi connectivity index (χ1n) is 11.7. The zero-order valence-corrected chi connectivity index (χ0v) is 18.9. The summed E-state index contributed by atoms with van der Waals surface area (Å²) < 4.78 is 2.00. The number of aromatic amines is 1. The monoisotopic (exact) mass is 443 g/mol. The van der Waals surface area contributed by atoms with E-state index in [0.29, 0.717) is 25.7 Å². The number of tetrazole rings is 1. The first kappa shape index (κ1) is 21.5. The average Bonchev–Trinajstić information content (AvgIpc) is 3.29. The van der Waals surface area contributed by atoms with Gasteiger partial charge in [0.1, 0.15) is 0 Å². The van der Waals surface area contributed by atoms with Crippen LogP contribution in [0.1, 0.15) is 60.7 Å². The molecule has 8 heteroatoms. The Kier molecular flexibility index (Phi) is 6.26. The highest BCUT2D eigenvalue weighted by atomic mass is 16.1. The van der Waals surface area contributed by atoms with Gasteiger partial charge in [0.25, 0.3) is 5.56 Å². The Morgan fingerprint density at radius 3 is 2.79 bits per heavy atom. The number of fused-ring (bicyclic) bond motifs is 1. The van der Waals surface area contributed by atoms with Gasteiger partial charge < -0.3 is 4.98 Å². The fourth-order valence-corrected chi connectivity index (χ4v) is 4.83. The third kappa shape index (κ3) is 4.85. The number of hydrogen-bond acceptors (Lipinski definition) is 6. The lowest BCUT2D eigenvalue weighted by molar-refractivity contribution is 0.225. The number of aromatic nitrogens is 6. The smallest absolute Gasteiger partial charge is 0.252 e. The third-order valence-corrected chi connectivity index (χ3v) is 6.53. The molecule has 0 saturated heterocycles. The minimum atomic E-state index is -0.0557. The van der Waals surface area contributed by atoms with Crippen LogP contribution >= 0.6 is 0 Å². The molecule has 8 nitrogen and oxygen atoms in total. The fourth-order valence-electron chi connectivity index (χ4n) is 4.83. The maximum absolute atomic E-state index is 12.9. The second kappa shape index (κ2) is 9.62. The Morgan fingerprint density at radius 2 is 1.97 bits per heavy atom. The molecule has 0 radical (unpaired) electrons. The maximum atomic E-state index is 12.9. The van der Waals surface area contributed by atoms with Crippen LogP contribution in [0.2, 0.25) is 0 Å². The third-order valence-electron chi connectivity index (χ3n) is 6.53. The molecule has 0 atom stereocenters. The summed E-state index contributed by atoms with van der Waals surface area (Å²) in [4.78, 5) is 22.5. The number of para-hydroxylation sites is 1. The zero-order chi connectivity index (χ0) is 22.6. The molecule has 0 amide bonds. The van der Waals surface area contributed by atoms with Crippen LogP contribution in [0.4, 0.5) is 0 Å². The molecule has 1 aromatic carbocycles. The Hall–Kier alpha value is -3.39. The molecule has 0 aliphatic heterocycles. The van der Waals surface area contributed by atoms with E-state index in [0.717, 1.165) is 46.3 Å². The van der Waals surface area contributed by atoms with Gasteiger partial charge in [-0.2, -0.15) is 0 Å². The van der Waals surface area contributed by atoms with E-state index in [4.69, 9.17) is 0 Å². The van der Waals surface area contributed by atoms with E-state index in [1.807, 2.05) is 48.1 Å². The molecule has 3 aromatic heterocycles. The molecule has 1 aliphatic rings. The first-order valence-corrected chi connectivity index (χ1v) is 11.7. The largest absolute Gasteiger partial charge is 0.321 e. The molecule has 1 fully saturated rings. The van der Waals surface area contributed by atoms with Gasteiger partial charge in [0, 0.05) is 31.0 Å². The van der Waals surface area contributed by atoms with Crippen molar-refractivity contribution in [2.24, 2.45) is 0 Å². The highest BCUT2D eigenvalue weighted by Crippen LogP contribution is 2.28. The van der Waals surface area contributed by atoms with E-state index in [9.17, 15) is 4.79 Å². The van der Waals surface area contributed by atoms with Gasteiger partial charge in [0.2, 0.25) is 0 Å². The normalized spacial score (nSPS) is 14.8. The molecule has 0 bridgehead atoms. The summed E-state index contributed by atoms with van der Waals surface area (Å²) in [6, 6.07) is 12.4. The number of pyridine rings is 2. The zero-order valence-electron chi connectivity index (χ0n) is 18.9. The Morgan fingerprint density at radius 1 is 1.09 bits per heavy atom. The van der Waals surface area contributed by atoms with Crippen molar-refractivity contribution < 1.29 is 0 Å². The van der Waals surface area contributed by atoms with Crippen molar-refractivity contribution in [1.82, 2.24) is 35.1 Å². The lowest BCUT2D eigenvalue weighted by atomic mass is 9.95. The van der Waals surface area contributed by atoms with Crippen molar-refractivity contribution in [3.05, 3.63) is 81.7 Å². The summed E-state index contributed by atoms with van der Waals surface area (Å²) in [5.74, 6) is 0.846. The van der Waals surface area contributed by atoms with Gasteiger partial charge in [0.15, 0.2) is 5.82 Å². The molecule has 1 saturated carbocycles. The summed E-state index contributed by atoms with van der Waals surface area (Å²) in [6.45, 7) is 3.71. The minimum Gasteiger partial charge on any atom is -0.321 e. The van der Waals surface area contributed by atoms with E-state index < -0.39 is 0 Å². The van der Waals surface area contributed by atoms with E-state index >= 15 is 0 Å². The van der Waals surface area contributed by atoms with Gasteiger partial charge in [-0.05, 0) is 58.8 Å². The van der Waals surface area contributed by atoms with E-state index in [-0.39, 0.29) is 5.56 Å². The number of nitrogens with one attached hydrogen (secondary N) is 1. The number of H-pyrrole nitrogens is 1. The molecule has 0 spiro atoms. The number of aryl methyl sites for hydroxylation is 1. The second-order valence-corrected chi connectivity index (χ2v) is 9.00. The number of benzene rings is 1. The standard InChI is InChI=1S/C25H29N7O/c1-18-7-5-9-20-13-21(25(33)27-24(18)20)16-31(15-19-8-6-12-26-14-19)17-23-28-29-30-32(23)22-10-3-2-4-11-22/h5-9,12-14,22H,2-4,10-11,15-17H2,1H3,(H,27,33). The summed E-state index contributed by atoms with van der Waals surface area (Å²) in [5, 5.41) is 13.7. The molecule has 1 aliphatic carbocycles. The molecular weight excluding hydrogens is 414 g/mol. The lowest BCUT2D eigenvalue weighted by Crippen LogP contribution is -2.29. The molecule has 1 N–H and O–H groups in total. The van der Waals surface area contributed by atoms with Crippen LogP contribution in [0, 0.1) is 6.92 Å². The van der Waals surface area contributed by atoms with Crippen molar-refractivity contribution >= 4 is 10.9 Å². The second-order valence-electron chi connectivity index (χ2n) is 9.00. The molecular formula is C25H29N7O. The van der Waals surface area contributed by atoms with Crippen molar-refractivity contribution in [1.29, 1.82) is 0 Å². The average molecular weight is 444 g/mol. The van der Waals surface area contributed by atoms with Crippen molar-refractivity contribution in [3.8, 4) is 0 Å². The van der Waals surface area contributed by atoms with Crippen molar-refractivity contribution in [2.75, 3.05) is 0 Å². The summed E-state index contributed by atoms with van der Waals surface area (Å²) in [5.41, 5.74) is 3.72. The van der Waals surface area contributed by atoms with E-state index in [2.05, 4.69) is 36.5 Å². The van der Waals surface area contributed by atoms with Crippen LogP contribution in [0.3, 0.4) is 0 Å². The van der Waals surface area contributed by atoms with E-state index in [1.165, 1.54) is 19.3 Å². The number of nitrogens with zero attached hydrogens (tertiary/aromatic N) is 6. The number of rotatable bonds is 7.